The number of nitrogens with zero attached hydrogens (tertiary/aromatic N) is 2. The third-order valence-electron chi connectivity index (χ3n) is 3.38. The highest BCUT2D eigenvalue weighted by atomic mass is 32.2. The van der Waals surface area contributed by atoms with Crippen molar-refractivity contribution in [2.45, 2.75) is 12.2 Å². The van der Waals surface area contributed by atoms with Gasteiger partial charge in [0.2, 0.25) is 0 Å². The second kappa shape index (κ2) is 7.42. The van der Waals surface area contributed by atoms with E-state index >= 15 is 0 Å². The van der Waals surface area contributed by atoms with Gasteiger partial charge in [-0.05, 0) is 30.7 Å². The molecule has 1 aliphatic rings. The van der Waals surface area contributed by atoms with Crippen molar-refractivity contribution in [1.29, 1.82) is 0 Å². The van der Waals surface area contributed by atoms with Gasteiger partial charge in [-0.25, -0.2) is 9.98 Å². The van der Waals surface area contributed by atoms with Gasteiger partial charge in [-0.15, -0.1) is 11.8 Å². The quantitative estimate of drug-likeness (QED) is 0.694. The molecule has 0 radical (unpaired) electrons. The molecule has 4 nitrogen and oxygen atoms in total. The molecule has 1 N–H and O–H groups in total. The van der Waals surface area contributed by atoms with Crippen LogP contribution in [0.3, 0.4) is 0 Å². The Hall–Kier alpha value is -1.85. The minimum atomic E-state index is 0.204. The smallest absolute Gasteiger partial charge is 0.156 e. The van der Waals surface area contributed by atoms with Gasteiger partial charge >= 0.3 is 0 Å². The van der Waals surface area contributed by atoms with Crippen LogP contribution < -0.4 is 5.32 Å². The fraction of sp³-hybridized carbons (Fsp3) is 0.294. The molecule has 1 aromatic carbocycles. The van der Waals surface area contributed by atoms with Gasteiger partial charge in [0.15, 0.2) is 5.82 Å². The molecule has 1 atom stereocenters. The van der Waals surface area contributed by atoms with Crippen LogP contribution in [-0.4, -0.2) is 35.0 Å². The fourth-order valence-electron chi connectivity index (χ4n) is 2.20. The number of amidine groups is 1. The minimum absolute atomic E-state index is 0.204. The lowest BCUT2D eigenvalue weighted by Crippen LogP contribution is -2.33. The lowest BCUT2D eigenvalue weighted by Gasteiger charge is -2.24. The maximum atomic E-state index is 5.61. The van der Waals surface area contributed by atoms with Crippen LogP contribution in [0.15, 0.2) is 53.7 Å². The van der Waals surface area contributed by atoms with E-state index in [4.69, 9.17) is 9.73 Å². The number of ether oxygens (including phenoxy) is 1. The van der Waals surface area contributed by atoms with Gasteiger partial charge in [0, 0.05) is 17.6 Å². The van der Waals surface area contributed by atoms with Crippen LogP contribution in [0.2, 0.25) is 0 Å². The molecular formula is C17H19N3OS. The largest absolute Gasteiger partial charge is 0.379 e. The van der Waals surface area contributed by atoms with Crippen LogP contribution in [0.5, 0.6) is 0 Å². The third kappa shape index (κ3) is 3.87. The van der Waals surface area contributed by atoms with E-state index in [2.05, 4.69) is 10.3 Å². The molecule has 0 amide bonds. The molecule has 0 bridgehead atoms. The number of benzene rings is 1. The first kappa shape index (κ1) is 15.1. The summed E-state index contributed by atoms with van der Waals surface area (Å²) in [5.41, 5.74) is 2.09. The SMILES string of the molecule is Cc1cccnc1N=C(Nc1ccccc1)C1COCCS1. The summed E-state index contributed by atoms with van der Waals surface area (Å²) in [6, 6.07) is 14.0. The van der Waals surface area contributed by atoms with Crippen molar-refractivity contribution in [2.24, 2.45) is 4.99 Å². The van der Waals surface area contributed by atoms with Gasteiger partial charge in [0.05, 0.1) is 18.5 Å². The van der Waals surface area contributed by atoms with Crippen molar-refractivity contribution in [3.05, 3.63) is 54.2 Å². The molecule has 1 aromatic heterocycles. The van der Waals surface area contributed by atoms with Crippen molar-refractivity contribution in [3.8, 4) is 0 Å². The molecule has 0 spiro atoms. The number of nitrogens with one attached hydrogen (secondary N) is 1. The van der Waals surface area contributed by atoms with Crippen molar-refractivity contribution in [3.63, 3.8) is 0 Å². The van der Waals surface area contributed by atoms with Crippen LogP contribution in [0.25, 0.3) is 0 Å². The first-order valence-electron chi connectivity index (χ1n) is 7.34. The minimum Gasteiger partial charge on any atom is -0.379 e. The van der Waals surface area contributed by atoms with Crippen LogP contribution >= 0.6 is 11.8 Å². The number of anilines is 1. The van der Waals surface area contributed by atoms with E-state index in [9.17, 15) is 0 Å². The summed E-state index contributed by atoms with van der Waals surface area (Å²) in [7, 11) is 0. The lowest BCUT2D eigenvalue weighted by atomic mass is 10.3. The van der Waals surface area contributed by atoms with Crippen LogP contribution in [0.4, 0.5) is 11.5 Å². The molecule has 1 aliphatic heterocycles. The van der Waals surface area contributed by atoms with E-state index in [0.717, 1.165) is 35.3 Å². The van der Waals surface area contributed by atoms with Gasteiger partial charge in [-0.2, -0.15) is 0 Å². The summed E-state index contributed by atoms with van der Waals surface area (Å²) in [4.78, 5) is 9.15. The summed E-state index contributed by atoms with van der Waals surface area (Å²) in [6.45, 7) is 3.51. The number of para-hydroxylation sites is 1. The van der Waals surface area contributed by atoms with E-state index in [0.29, 0.717) is 6.61 Å². The number of hydrogen-bond acceptors (Lipinski definition) is 4. The first-order chi connectivity index (χ1) is 10.8. The zero-order valence-corrected chi connectivity index (χ0v) is 13.3. The molecule has 114 valence electrons. The Kier molecular flexibility index (Phi) is 5.08. The fourth-order valence-corrected chi connectivity index (χ4v) is 3.16. The predicted molar refractivity (Wildman–Crippen MR) is 93.2 cm³/mol. The number of pyridine rings is 1. The lowest BCUT2D eigenvalue weighted by molar-refractivity contribution is 0.153. The molecule has 1 unspecified atom stereocenters. The molecule has 1 fully saturated rings. The number of thioether (sulfide) groups is 1. The van der Waals surface area contributed by atoms with Crippen LogP contribution in [0, 0.1) is 6.92 Å². The molecule has 5 heteroatoms. The van der Waals surface area contributed by atoms with E-state index < -0.39 is 0 Å². The molecule has 0 aliphatic carbocycles. The Labute approximate surface area is 135 Å². The monoisotopic (exact) mass is 313 g/mol. The summed E-state index contributed by atoms with van der Waals surface area (Å²) in [5.74, 6) is 2.64. The molecular weight excluding hydrogens is 294 g/mol. The number of aryl methyl sites for hydroxylation is 1. The Morgan fingerprint density at radius 2 is 2.14 bits per heavy atom. The standard InChI is InChI=1S/C17H19N3OS/c1-13-6-5-9-18-16(13)20-17(15-12-21-10-11-22-15)19-14-7-3-2-4-8-14/h2-9,15H,10-12H2,1H3,(H,18,19,20). The zero-order chi connectivity index (χ0) is 15.2. The zero-order valence-electron chi connectivity index (χ0n) is 12.5. The summed E-state index contributed by atoms with van der Waals surface area (Å²) >= 11 is 1.87. The number of aromatic nitrogens is 1. The van der Waals surface area contributed by atoms with Crippen molar-refractivity contribution >= 4 is 29.1 Å². The van der Waals surface area contributed by atoms with Crippen molar-refractivity contribution in [1.82, 2.24) is 4.98 Å². The van der Waals surface area contributed by atoms with E-state index in [1.165, 1.54) is 0 Å². The Balaban J connectivity index is 1.90. The first-order valence-corrected chi connectivity index (χ1v) is 8.39. The third-order valence-corrected chi connectivity index (χ3v) is 4.54. The topological polar surface area (TPSA) is 46.5 Å². The van der Waals surface area contributed by atoms with E-state index in [-0.39, 0.29) is 5.25 Å². The van der Waals surface area contributed by atoms with E-state index in [1.54, 1.807) is 6.20 Å². The molecule has 2 heterocycles. The number of rotatable bonds is 3. The molecule has 0 saturated carbocycles. The highest BCUT2D eigenvalue weighted by Gasteiger charge is 2.21. The second-order valence-electron chi connectivity index (χ2n) is 5.07. The highest BCUT2D eigenvalue weighted by Crippen LogP contribution is 2.22. The Morgan fingerprint density at radius 3 is 2.86 bits per heavy atom. The number of hydrogen-bond donors (Lipinski definition) is 1. The molecule has 22 heavy (non-hydrogen) atoms. The maximum Gasteiger partial charge on any atom is 0.156 e. The van der Waals surface area contributed by atoms with Gasteiger partial charge in [0.1, 0.15) is 5.84 Å². The number of aliphatic imine (C=N–C) groups is 1. The predicted octanol–water partition coefficient (Wildman–Crippen LogP) is 3.66. The Morgan fingerprint density at radius 1 is 1.27 bits per heavy atom. The van der Waals surface area contributed by atoms with Gasteiger partial charge in [0.25, 0.3) is 0 Å². The average Bonchev–Trinajstić information content (AvgIpc) is 2.58. The Bertz CT molecular complexity index is 639. The summed E-state index contributed by atoms with van der Waals surface area (Å²) in [5, 5.41) is 3.64. The summed E-state index contributed by atoms with van der Waals surface area (Å²) in [6.07, 6.45) is 1.77. The summed E-state index contributed by atoms with van der Waals surface area (Å²) < 4.78 is 5.61. The van der Waals surface area contributed by atoms with Crippen molar-refractivity contribution in [2.75, 3.05) is 24.3 Å². The van der Waals surface area contributed by atoms with Crippen molar-refractivity contribution < 1.29 is 4.74 Å². The highest BCUT2D eigenvalue weighted by molar-refractivity contribution is 8.00. The molecule has 1 saturated heterocycles. The molecule has 2 aromatic rings. The normalized spacial score (nSPS) is 19.0. The maximum absolute atomic E-state index is 5.61. The second-order valence-corrected chi connectivity index (χ2v) is 6.38. The van der Waals surface area contributed by atoms with Gasteiger partial charge in [-0.3, -0.25) is 0 Å². The van der Waals surface area contributed by atoms with Crippen LogP contribution in [0.1, 0.15) is 5.56 Å². The average molecular weight is 313 g/mol. The van der Waals surface area contributed by atoms with Crippen LogP contribution in [-0.2, 0) is 4.74 Å². The van der Waals surface area contributed by atoms with Gasteiger partial charge in [-0.1, -0.05) is 24.3 Å². The van der Waals surface area contributed by atoms with Gasteiger partial charge < -0.3 is 10.1 Å². The molecule has 3 rings (SSSR count). The van der Waals surface area contributed by atoms with E-state index in [1.807, 2.05) is 61.2 Å².